The van der Waals surface area contributed by atoms with Crippen LogP contribution >= 0.6 is 15.9 Å². The Kier molecular flexibility index (Phi) is 8.48. The van der Waals surface area contributed by atoms with E-state index in [1.54, 1.807) is 91.0 Å². The fourth-order valence-electron chi connectivity index (χ4n) is 3.71. The van der Waals surface area contributed by atoms with Crippen molar-refractivity contribution in [2.75, 3.05) is 6.61 Å². The number of esters is 3. The van der Waals surface area contributed by atoms with Gasteiger partial charge in [0.1, 0.15) is 6.10 Å². The van der Waals surface area contributed by atoms with E-state index in [1.165, 1.54) is 0 Å². The van der Waals surface area contributed by atoms with E-state index < -0.39 is 53.9 Å². The third-order valence-electron chi connectivity index (χ3n) is 5.51. The molecule has 0 radical (unpaired) electrons. The van der Waals surface area contributed by atoms with Gasteiger partial charge in [0.05, 0.1) is 23.3 Å². The second-order valence-electron chi connectivity index (χ2n) is 7.92. The number of hydrogen-bond donors (Lipinski definition) is 1. The van der Waals surface area contributed by atoms with Crippen molar-refractivity contribution < 1.29 is 38.4 Å². The lowest BCUT2D eigenvalue weighted by molar-refractivity contribution is -0.205. The molecule has 0 unspecified atom stereocenters. The number of rotatable bonds is 7. The number of benzene rings is 3. The van der Waals surface area contributed by atoms with Gasteiger partial charge in [0.25, 0.3) is 0 Å². The van der Waals surface area contributed by atoms with Crippen LogP contribution in [0.15, 0.2) is 91.0 Å². The topological polar surface area (TPSA) is 108 Å². The second-order valence-corrected chi connectivity index (χ2v) is 8.82. The summed E-state index contributed by atoms with van der Waals surface area (Å²) in [5.74, 6) is -2.13. The van der Waals surface area contributed by atoms with Gasteiger partial charge in [0, 0.05) is 0 Å². The van der Waals surface area contributed by atoms with Crippen LogP contribution in [0.2, 0.25) is 0 Å². The van der Waals surface area contributed by atoms with Crippen LogP contribution in [-0.4, -0.2) is 59.1 Å². The summed E-state index contributed by atoms with van der Waals surface area (Å²) in [6.07, 6.45) is -4.85. The van der Waals surface area contributed by atoms with Gasteiger partial charge in [0.15, 0.2) is 23.3 Å². The first-order valence-electron chi connectivity index (χ1n) is 11.2. The smallest absolute Gasteiger partial charge is 0.338 e. The van der Waals surface area contributed by atoms with Crippen molar-refractivity contribution in [1.82, 2.24) is 0 Å². The average molecular weight is 555 g/mol. The lowest BCUT2D eigenvalue weighted by atomic mass is 9.99. The standard InChI is InChI=1S/C27H23BrO8/c28-24-23(36-27(32)19-14-8-3-9-15-19)22(35-26(31)18-12-6-2-7-13-18)21(20(16-29)33-24)34-25(30)17-10-4-1-5-11-17/h1-15,20-24,29H,16H2/t20-,21-,22+,23-,24+/m1/s1. The minimum Gasteiger partial charge on any atom is -0.452 e. The lowest BCUT2D eigenvalue weighted by Crippen LogP contribution is -2.61. The monoisotopic (exact) mass is 554 g/mol. The van der Waals surface area contributed by atoms with Gasteiger partial charge in [-0.2, -0.15) is 0 Å². The van der Waals surface area contributed by atoms with Gasteiger partial charge in [-0.3, -0.25) is 0 Å². The van der Waals surface area contributed by atoms with Crippen molar-refractivity contribution in [1.29, 1.82) is 0 Å². The Balaban J connectivity index is 1.66. The molecule has 4 rings (SSSR count). The number of carbonyl (C=O) groups is 3. The van der Waals surface area contributed by atoms with Gasteiger partial charge in [-0.25, -0.2) is 14.4 Å². The summed E-state index contributed by atoms with van der Waals surface area (Å²) in [5.41, 5.74) is 0.769. The van der Waals surface area contributed by atoms with E-state index in [1.807, 2.05) is 0 Å². The molecule has 1 N–H and O–H groups in total. The van der Waals surface area contributed by atoms with Crippen molar-refractivity contribution in [2.45, 2.75) is 29.4 Å². The maximum absolute atomic E-state index is 13.0. The second kappa shape index (κ2) is 11.9. The van der Waals surface area contributed by atoms with Crippen LogP contribution < -0.4 is 0 Å². The van der Waals surface area contributed by atoms with Crippen LogP contribution in [0, 0.1) is 0 Å². The summed E-state index contributed by atoms with van der Waals surface area (Å²) in [7, 11) is 0. The van der Waals surface area contributed by atoms with Crippen molar-refractivity contribution >= 4 is 33.8 Å². The maximum Gasteiger partial charge on any atom is 0.338 e. The van der Waals surface area contributed by atoms with Gasteiger partial charge in [0.2, 0.25) is 0 Å². The summed E-state index contributed by atoms with van der Waals surface area (Å²) in [6.45, 7) is -0.548. The molecule has 3 aromatic carbocycles. The Bertz CT molecular complexity index is 1170. The van der Waals surface area contributed by atoms with E-state index >= 15 is 0 Å². The molecule has 0 saturated carbocycles. The first-order chi connectivity index (χ1) is 17.5. The highest BCUT2D eigenvalue weighted by molar-refractivity contribution is 9.09. The van der Waals surface area contributed by atoms with Crippen LogP contribution in [-0.2, 0) is 18.9 Å². The van der Waals surface area contributed by atoms with Crippen molar-refractivity contribution in [3.05, 3.63) is 108 Å². The maximum atomic E-state index is 13.0. The van der Waals surface area contributed by atoms with Crippen LogP contribution in [0.1, 0.15) is 31.1 Å². The molecule has 0 amide bonds. The lowest BCUT2D eigenvalue weighted by Gasteiger charge is -2.42. The number of hydrogen-bond acceptors (Lipinski definition) is 8. The molecule has 1 aliphatic rings. The molecule has 36 heavy (non-hydrogen) atoms. The van der Waals surface area contributed by atoms with E-state index in [9.17, 15) is 19.5 Å². The first kappa shape index (κ1) is 25.6. The zero-order valence-electron chi connectivity index (χ0n) is 18.9. The molecule has 1 aliphatic heterocycles. The summed E-state index contributed by atoms with van der Waals surface area (Å²) < 4.78 is 22.9. The van der Waals surface area contributed by atoms with Crippen molar-refractivity contribution in [2.24, 2.45) is 0 Å². The number of aliphatic hydroxyl groups is 1. The molecule has 0 spiro atoms. The van der Waals surface area contributed by atoms with Gasteiger partial charge in [-0.15, -0.1) is 0 Å². The minimum atomic E-state index is -1.30. The molecule has 0 aliphatic carbocycles. The van der Waals surface area contributed by atoms with Crippen molar-refractivity contribution in [3.8, 4) is 0 Å². The molecule has 186 valence electrons. The highest BCUT2D eigenvalue weighted by Crippen LogP contribution is 2.32. The SMILES string of the molecule is O=C(O[C@@H]1[C@@H](OC(=O)c2ccccc2)[C@@H](Br)O[C@H](CO)[C@H]1OC(=O)c1ccccc1)c1ccccc1. The van der Waals surface area contributed by atoms with E-state index in [2.05, 4.69) is 15.9 Å². The first-order valence-corrected chi connectivity index (χ1v) is 12.1. The molecule has 0 bridgehead atoms. The summed E-state index contributed by atoms with van der Waals surface area (Å²) >= 11 is 3.32. The Morgan fingerprint density at radius 2 is 1.00 bits per heavy atom. The van der Waals surface area contributed by atoms with Gasteiger partial charge in [-0.1, -0.05) is 70.5 Å². The summed E-state index contributed by atoms with van der Waals surface area (Å²) in [5, 5.41) is 9.02. The van der Waals surface area contributed by atoms with Crippen molar-refractivity contribution in [3.63, 3.8) is 0 Å². The number of ether oxygens (including phenoxy) is 4. The molecule has 3 aromatic rings. The minimum absolute atomic E-state index is 0.247. The molecular formula is C27H23BrO8. The number of halogens is 1. The van der Waals surface area contributed by atoms with Gasteiger partial charge < -0.3 is 24.1 Å². The highest BCUT2D eigenvalue weighted by atomic mass is 79.9. The molecule has 8 nitrogen and oxygen atoms in total. The largest absolute Gasteiger partial charge is 0.452 e. The Hall–Kier alpha value is -3.53. The molecular weight excluding hydrogens is 532 g/mol. The van der Waals surface area contributed by atoms with E-state index in [0.717, 1.165) is 0 Å². The predicted molar refractivity (Wildman–Crippen MR) is 132 cm³/mol. The van der Waals surface area contributed by atoms with Crippen LogP contribution in [0.25, 0.3) is 0 Å². The third kappa shape index (κ3) is 5.99. The van der Waals surface area contributed by atoms with Crippen LogP contribution in [0.4, 0.5) is 0 Å². The zero-order chi connectivity index (χ0) is 25.5. The Morgan fingerprint density at radius 1 is 0.639 bits per heavy atom. The molecule has 1 saturated heterocycles. The van der Waals surface area contributed by atoms with Crippen LogP contribution in [0.5, 0.6) is 0 Å². The van der Waals surface area contributed by atoms with Crippen LogP contribution in [0.3, 0.4) is 0 Å². The van der Waals surface area contributed by atoms with E-state index in [-0.39, 0.29) is 16.7 Å². The number of aliphatic hydroxyl groups excluding tert-OH is 1. The molecule has 9 heteroatoms. The predicted octanol–water partition coefficient (Wildman–Crippen LogP) is 3.78. The third-order valence-corrected chi connectivity index (χ3v) is 6.25. The normalized spacial score (nSPS) is 23.3. The Labute approximate surface area is 215 Å². The van der Waals surface area contributed by atoms with E-state index in [4.69, 9.17) is 18.9 Å². The average Bonchev–Trinajstić information content (AvgIpc) is 2.93. The number of alkyl halides is 1. The quantitative estimate of drug-likeness (QED) is 0.267. The Morgan fingerprint density at radius 3 is 1.39 bits per heavy atom. The fourth-order valence-corrected chi connectivity index (χ4v) is 4.40. The molecule has 0 aromatic heterocycles. The highest BCUT2D eigenvalue weighted by Gasteiger charge is 2.51. The molecule has 1 fully saturated rings. The summed E-state index contributed by atoms with van der Waals surface area (Å²) in [4.78, 5) is 38.7. The fraction of sp³-hybridized carbons (Fsp3) is 0.222. The van der Waals surface area contributed by atoms with E-state index in [0.29, 0.717) is 0 Å². The summed E-state index contributed by atoms with van der Waals surface area (Å²) in [6, 6.07) is 24.7. The molecule has 1 heterocycles. The van der Waals surface area contributed by atoms with Gasteiger partial charge >= 0.3 is 17.9 Å². The molecule has 5 atom stereocenters. The zero-order valence-corrected chi connectivity index (χ0v) is 20.5. The number of carbonyl (C=O) groups excluding carboxylic acids is 3. The van der Waals surface area contributed by atoms with Gasteiger partial charge in [-0.05, 0) is 36.4 Å².